The predicted octanol–water partition coefficient (Wildman–Crippen LogP) is 2.09. The Morgan fingerprint density at radius 3 is 2.85 bits per heavy atom. The van der Waals surface area contributed by atoms with E-state index in [-0.39, 0.29) is 17.5 Å². The van der Waals surface area contributed by atoms with E-state index in [1.807, 2.05) is 12.1 Å². The molecule has 1 atom stereocenters. The number of nitrogens with zero attached hydrogens (tertiary/aromatic N) is 3. The van der Waals surface area contributed by atoms with Crippen LogP contribution in [-0.2, 0) is 7.05 Å². The van der Waals surface area contributed by atoms with Gasteiger partial charge in [-0.05, 0) is 56.3 Å². The molecule has 3 aromatic rings. The van der Waals surface area contributed by atoms with Gasteiger partial charge in [0, 0.05) is 19.2 Å². The molecule has 7 nitrogen and oxygen atoms in total. The fourth-order valence-corrected chi connectivity index (χ4v) is 3.59. The Balaban J connectivity index is 1.52. The molecule has 0 aliphatic carbocycles. The zero-order chi connectivity index (χ0) is 18.8. The molecular formula is C20H22N4O3. The van der Waals surface area contributed by atoms with Crippen molar-refractivity contribution in [3.8, 4) is 0 Å². The highest BCUT2D eigenvalue weighted by Gasteiger charge is 2.26. The lowest BCUT2D eigenvalue weighted by Crippen LogP contribution is -2.36. The second-order valence-electron chi connectivity index (χ2n) is 6.88. The normalized spacial score (nSPS) is 15.9. The van der Waals surface area contributed by atoms with Crippen LogP contribution in [0.2, 0.25) is 0 Å². The summed E-state index contributed by atoms with van der Waals surface area (Å²) >= 11 is 0. The van der Waals surface area contributed by atoms with Crippen molar-refractivity contribution in [2.45, 2.75) is 18.9 Å². The van der Waals surface area contributed by atoms with Gasteiger partial charge in [0.2, 0.25) is 0 Å². The number of aromatic nitrogens is 2. The first-order chi connectivity index (χ1) is 13.1. The third kappa shape index (κ3) is 3.50. The highest BCUT2D eigenvalue weighted by atomic mass is 16.3. The summed E-state index contributed by atoms with van der Waals surface area (Å²) in [6.07, 6.45) is 5.45. The maximum absolute atomic E-state index is 12.7. The number of hydrogen-bond donors (Lipinski definition) is 1. The van der Waals surface area contributed by atoms with E-state index in [4.69, 9.17) is 4.42 Å². The van der Waals surface area contributed by atoms with E-state index in [1.165, 1.54) is 10.9 Å². The molecule has 27 heavy (non-hydrogen) atoms. The molecule has 1 aromatic carbocycles. The zero-order valence-corrected chi connectivity index (χ0v) is 15.2. The Hall–Kier alpha value is -2.93. The molecular weight excluding hydrogens is 344 g/mol. The van der Waals surface area contributed by atoms with Gasteiger partial charge in [-0.2, -0.15) is 0 Å². The number of likely N-dealkylation sites (tertiary alicyclic amines) is 1. The molecule has 2 aromatic heterocycles. The van der Waals surface area contributed by atoms with Crippen molar-refractivity contribution >= 4 is 16.8 Å². The van der Waals surface area contributed by atoms with Gasteiger partial charge >= 0.3 is 0 Å². The standard InChI is InChI=1S/C20H22N4O3/c1-23-13-22-16-11-14(6-7-15(16)20(23)26)19(25)21-12-17(18-5-4-10-27-18)24-8-2-3-9-24/h4-7,10-11,13,17H,2-3,8-9,12H2,1H3,(H,21,25)/t17-/m0/s1. The minimum absolute atomic E-state index is 0.0253. The summed E-state index contributed by atoms with van der Waals surface area (Å²) in [7, 11) is 1.66. The summed E-state index contributed by atoms with van der Waals surface area (Å²) < 4.78 is 7.01. The number of rotatable bonds is 5. The van der Waals surface area contributed by atoms with Crippen molar-refractivity contribution in [2.75, 3.05) is 19.6 Å². The van der Waals surface area contributed by atoms with Crippen molar-refractivity contribution in [2.24, 2.45) is 7.05 Å². The maximum atomic E-state index is 12.7. The highest BCUT2D eigenvalue weighted by molar-refractivity contribution is 5.97. The third-order valence-electron chi connectivity index (χ3n) is 5.09. The van der Waals surface area contributed by atoms with Gasteiger partial charge < -0.3 is 14.3 Å². The second kappa shape index (κ2) is 7.36. The molecule has 1 aliphatic rings. The monoisotopic (exact) mass is 366 g/mol. The molecule has 0 unspecified atom stereocenters. The number of hydrogen-bond acceptors (Lipinski definition) is 5. The number of nitrogens with one attached hydrogen (secondary N) is 1. The van der Waals surface area contributed by atoms with Gasteiger partial charge in [0.1, 0.15) is 5.76 Å². The first-order valence-corrected chi connectivity index (χ1v) is 9.14. The molecule has 1 amide bonds. The second-order valence-corrected chi connectivity index (χ2v) is 6.88. The summed E-state index contributed by atoms with van der Waals surface area (Å²) in [5.41, 5.74) is 0.884. The largest absolute Gasteiger partial charge is 0.468 e. The fraction of sp³-hybridized carbons (Fsp3) is 0.350. The molecule has 1 aliphatic heterocycles. The third-order valence-corrected chi connectivity index (χ3v) is 5.09. The van der Waals surface area contributed by atoms with Crippen LogP contribution in [0.3, 0.4) is 0 Å². The molecule has 4 rings (SSSR count). The van der Waals surface area contributed by atoms with Gasteiger partial charge in [-0.1, -0.05) is 0 Å². The minimum atomic E-state index is -0.185. The van der Waals surface area contributed by atoms with Crippen LogP contribution < -0.4 is 10.9 Å². The van der Waals surface area contributed by atoms with Crippen molar-refractivity contribution in [1.82, 2.24) is 19.8 Å². The number of aryl methyl sites for hydroxylation is 1. The van der Waals surface area contributed by atoms with Crippen LogP contribution in [0.25, 0.3) is 10.9 Å². The number of carbonyl (C=O) groups is 1. The van der Waals surface area contributed by atoms with E-state index >= 15 is 0 Å². The number of furan rings is 1. The number of fused-ring (bicyclic) bond motifs is 1. The Kier molecular flexibility index (Phi) is 4.77. The quantitative estimate of drug-likeness (QED) is 0.748. The molecule has 1 saturated heterocycles. The van der Waals surface area contributed by atoms with Crippen molar-refractivity contribution in [3.05, 3.63) is 64.6 Å². The highest BCUT2D eigenvalue weighted by Crippen LogP contribution is 2.25. The van der Waals surface area contributed by atoms with Crippen molar-refractivity contribution < 1.29 is 9.21 Å². The molecule has 0 bridgehead atoms. The zero-order valence-electron chi connectivity index (χ0n) is 15.2. The van der Waals surface area contributed by atoms with E-state index < -0.39 is 0 Å². The molecule has 0 saturated carbocycles. The van der Waals surface area contributed by atoms with Crippen LogP contribution in [0.1, 0.15) is 35.0 Å². The molecule has 3 heterocycles. The van der Waals surface area contributed by atoms with E-state index in [2.05, 4.69) is 15.2 Å². The van der Waals surface area contributed by atoms with E-state index in [0.29, 0.717) is 23.0 Å². The lowest BCUT2D eigenvalue weighted by atomic mass is 10.1. The number of benzene rings is 1. The van der Waals surface area contributed by atoms with Crippen molar-refractivity contribution in [3.63, 3.8) is 0 Å². The SMILES string of the molecule is Cn1cnc2cc(C(=O)NC[C@@H](c3ccco3)N3CCCC3)ccc2c1=O. The van der Waals surface area contributed by atoms with Gasteiger partial charge in [-0.15, -0.1) is 0 Å². The summed E-state index contributed by atoms with van der Waals surface area (Å²) in [5.74, 6) is 0.677. The summed E-state index contributed by atoms with van der Waals surface area (Å²) in [4.78, 5) is 31.3. The smallest absolute Gasteiger partial charge is 0.260 e. The van der Waals surface area contributed by atoms with Crippen LogP contribution in [0, 0.1) is 0 Å². The van der Waals surface area contributed by atoms with Crippen LogP contribution in [0.15, 0.2) is 52.1 Å². The topological polar surface area (TPSA) is 80.4 Å². The maximum Gasteiger partial charge on any atom is 0.260 e. The fourth-order valence-electron chi connectivity index (χ4n) is 3.59. The van der Waals surface area contributed by atoms with Crippen LogP contribution >= 0.6 is 0 Å². The van der Waals surface area contributed by atoms with Gasteiger partial charge in [0.15, 0.2) is 0 Å². The lowest BCUT2D eigenvalue weighted by Gasteiger charge is -2.26. The van der Waals surface area contributed by atoms with E-state index in [9.17, 15) is 9.59 Å². The Bertz CT molecular complexity index is 1000. The predicted molar refractivity (Wildman–Crippen MR) is 102 cm³/mol. The van der Waals surface area contributed by atoms with E-state index in [0.717, 1.165) is 31.7 Å². The van der Waals surface area contributed by atoms with Crippen LogP contribution in [0.5, 0.6) is 0 Å². The van der Waals surface area contributed by atoms with E-state index in [1.54, 1.807) is 31.5 Å². The summed E-state index contributed by atoms with van der Waals surface area (Å²) in [6.45, 7) is 2.48. The molecule has 0 spiro atoms. The Morgan fingerprint density at radius 2 is 2.11 bits per heavy atom. The van der Waals surface area contributed by atoms with Crippen LogP contribution in [-0.4, -0.2) is 40.0 Å². The Labute approximate surface area is 156 Å². The van der Waals surface area contributed by atoms with Gasteiger partial charge in [-0.25, -0.2) is 4.98 Å². The van der Waals surface area contributed by atoms with Crippen molar-refractivity contribution in [1.29, 1.82) is 0 Å². The Morgan fingerprint density at radius 1 is 1.30 bits per heavy atom. The first-order valence-electron chi connectivity index (χ1n) is 9.14. The number of carbonyl (C=O) groups excluding carboxylic acids is 1. The van der Waals surface area contributed by atoms with Crippen LogP contribution in [0.4, 0.5) is 0 Å². The van der Waals surface area contributed by atoms with Gasteiger partial charge in [0.05, 0.1) is 29.5 Å². The molecule has 1 N–H and O–H groups in total. The first kappa shape index (κ1) is 17.5. The van der Waals surface area contributed by atoms with Gasteiger partial charge in [0.25, 0.3) is 11.5 Å². The summed E-state index contributed by atoms with van der Waals surface area (Å²) in [6, 6.07) is 8.82. The summed E-state index contributed by atoms with van der Waals surface area (Å²) in [5, 5.41) is 3.51. The minimum Gasteiger partial charge on any atom is -0.468 e. The molecule has 7 heteroatoms. The lowest BCUT2D eigenvalue weighted by molar-refractivity contribution is 0.0934. The molecule has 0 radical (unpaired) electrons. The van der Waals surface area contributed by atoms with Gasteiger partial charge in [-0.3, -0.25) is 14.5 Å². The molecule has 140 valence electrons. The average molecular weight is 366 g/mol. The molecule has 1 fully saturated rings. The average Bonchev–Trinajstić information content (AvgIpc) is 3.39. The number of amides is 1.